The zero-order chi connectivity index (χ0) is 21.5. The summed E-state index contributed by atoms with van der Waals surface area (Å²) in [5, 5.41) is 0.544. The third kappa shape index (κ3) is 5.17. The number of esters is 1. The van der Waals surface area contributed by atoms with Crippen LogP contribution >= 0.6 is 22.9 Å². The molecule has 0 bridgehead atoms. The third-order valence-corrected chi connectivity index (χ3v) is 5.46. The molecule has 0 saturated carbocycles. The van der Waals surface area contributed by atoms with Gasteiger partial charge in [0, 0.05) is 11.1 Å². The van der Waals surface area contributed by atoms with E-state index >= 15 is 0 Å². The number of thiazole rings is 1. The van der Waals surface area contributed by atoms with Gasteiger partial charge in [-0.1, -0.05) is 47.2 Å². The second-order valence-corrected chi connectivity index (χ2v) is 7.53. The summed E-state index contributed by atoms with van der Waals surface area (Å²) >= 11 is 7.43. The van der Waals surface area contributed by atoms with E-state index in [1.807, 2.05) is 37.3 Å². The summed E-state index contributed by atoms with van der Waals surface area (Å²) in [7, 11) is 0. The molecular formula is C22H21ClN2O4S. The highest BCUT2D eigenvalue weighted by Gasteiger charge is 2.15. The predicted molar refractivity (Wildman–Crippen MR) is 119 cm³/mol. The first-order valence-corrected chi connectivity index (χ1v) is 10.6. The van der Waals surface area contributed by atoms with Crippen LogP contribution in [0.1, 0.15) is 19.4 Å². The lowest BCUT2D eigenvalue weighted by Crippen LogP contribution is -2.23. The third-order valence-electron chi connectivity index (χ3n) is 4.07. The Bertz CT molecular complexity index is 1160. The SMILES string of the molecule is CCOC(=O)Cn1c(=NC(=O)/C=C/c2ccccc2Cl)sc2cccc(OCC)c21. The van der Waals surface area contributed by atoms with E-state index in [0.717, 1.165) is 10.3 Å². The summed E-state index contributed by atoms with van der Waals surface area (Å²) in [6, 6.07) is 12.8. The molecule has 30 heavy (non-hydrogen) atoms. The summed E-state index contributed by atoms with van der Waals surface area (Å²) in [6.45, 7) is 4.30. The van der Waals surface area contributed by atoms with E-state index < -0.39 is 11.9 Å². The molecule has 156 valence electrons. The van der Waals surface area contributed by atoms with E-state index in [0.29, 0.717) is 27.7 Å². The van der Waals surface area contributed by atoms with Gasteiger partial charge in [0.05, 0.1) is 17.9 Å². The van der Waals surface area contributed by atoms with Crippen molar-refractivity contribution in [3.63, 3.8) is 0 Å². The molecule has 0 radical (unpaired) electrons. The van der Waals surface area contributed by atoms with E-state index in [1.54, 1.807) is 29.7 Å². The number of benzene rings is 2. The van der Waals surface area contributed by atoms with Gasteiger partial charge in [-0.2, -0.15) is 4.99 Å². The van der Waals surface area contributed by atoms with Crippen LogP contribution in [-0.4, -0.2) is 29.7 Å². The van der Waals surface area contributed by atoms with Crippen molar-refractivity contribution in [3.8, 4) is 5.75 Å². The minimum Gasteiger partial charge on any atom is -0.492 e. The number of carbonyl (C=O) groups is 2. The van der Waals surface area contributed by atoms with E-state index in [4.69, 9.17) is 21.1 Å². The van der Waals surface area contributed by atoms with Crippen LogP contribution in [0.25, 0.3) is 16.3 Å². The van der Waals surface area contributed by atoms with Crippen LogP contribution < -0.4 is 9.54 Å². The van der Waals surface area contributed by atoms with Crippen molar-refractivity contribution in [3.05, 3.63) is 63.9 Å². The Kier molecular flexibility index (Phi) is 7.43. The fraction of sp³-hybridized carbons (Fsp3) is 0.227. The van der Waals surface area contributed by atoms with Gasteiger partial charge < -0.3 is 14.0 Å². The average molecular weight is 445 g/mol. The van der Waals surface area contributed by atoms with Gasteiger partial charge in [0.2, 0.25) is 0 Å². The Morgan fingerprint density at radius 3 is 2.67 bits per heavy atom. The van der Waals surface area contributed by atoms with Crippen LogP contribution in [0.2, 0.25) is 5.02 Å². The average Bonchev–Trinajstić information content (AvgIpc) is 3.05. The lowest BCUT2D eigenvalue weighted by Gasteiger charge is -2.09. The Morgan fingerprint density at radius 1 is 1.13 bits per heavy atom. The number of ether oxygens (including phenoxy) is 2. The Morgan fingerprint density at radius 2 is 1.93 bits per heavy atom. The van der Waals surface area contributed by atoms with Gasteiger partial charge in [-0.3, -0.25) is 9.59 Å². The van der Waals surface area contributed by atoms with Crippen LogP contribution in [0.15, 0.2) is 53.5 Å². The zero-order valence-corrected chi connectivity index (χ0v) is 18.2. The molecule has 3 aromatic rings. The summed E-state index contributed by atoms with van der Waals surface area (Å²) in [6.07, 6.45) is 2.96. The van der Waals surface area contributed by atoms with Gasteiger partial charge in [-0.15, -0.1) is 0 Å². The predicted octanol–water partition coefficient (Wildman–Crippen LogP) is 4.46. The van der Waals surface area contributed by atoms with Gasteiger partial charge >= 0.3 is 5.97 Å². The number of para-hydroxylation sites is 1. The minimum absolute atomic E-state index is 0.0712. The summed E-state index contributed by atoms with van der Waals surface area (Å²) in [4.78, 5) is 29.3. The van der Waals surface area contributed by atoms with Crippen molar-refractivity contribution in [1.29, 1.82) is 0 Å². The molecule has 0 atom stereocenters. The van der Waals surface area contributed by atoms with Crippen LogP contribution in [0.3, 0.4) is 0 Å². The van der Waals surface area contributed by atoms with Crippen molar-refractivity contribution in [2.45, 2.75) is 20.4 Å². The Balaban J connectivity index is 2.05. The molecule has 1 amide bonds. The molecule has 1 heterocycles. The minimum atomic E-state index is -0.461. The first-order valence-electron chi connectivity index (χ1n) is 9.45. The maximum absolute atomic E-state index is 12.5. The number of halogens is 1. The van der Waals surface area contributed by atoms with Crippen molar-refractivity contribution in [2.24, 2.45) is 4.99 Å². The molecule has 0 spiro atoms. The number of fused-ring (bicyclic) bond motifs is 1. The normalized spacial score (nSPS) is 11.9. The summed E-state index contributed by atoms with van der Waals surface area (Å²) in [5.41, 5.74) is 1.43. The number of hydrogen-bond acceptors (Lipinski definition) is 5. The highest BCUT2D eigenvalue weighted by molar-refractivity contribution is 7.16. The fourth-order valence-corrected chi connectivity index (χ4v) is 4.09. The monoisotopic (exact) mass is 444 g/mol. The summed E-state index contributed by atoms with van der Waals surface area (Å²) < 4.78 is 13.3. The molecule has 6 nitrogen and oxygen atoms in total. The molecular weight excluding hydrogens is 424 g/mol. The maximum Gasteiger partial charge on any atom is 0.326 e. The largest absolute Gasteiger partial charge is 0.492 e. The zero-order valence-electron chi connectivity index (χ0n) is 16.6. The molecule has 1 aromatic heterocycles. The van der Waals surface area contributed by atoms with Crippen molar-refractivity contribution >= 4 is 51.1 Å². The number of amides is 1. The van der Waals surface area contributed by atoms with Crippen LogP contribution in [0, 0.1) is 0 Å². The van der Waals surface area contributed by atoms with E-state index in [2.05, 4.69) is 4.99 Å². The highest BCUT2D eigenvalue weighted by atomic mass is 35.5. The number of carbonyl (C=O) groups excluding carboxylic acids is 2. The quantitative estimate of drug-likeness (QED) is 0.398. The van der Waals surface area contributed by atoms with Gasteiger partial charge in [0.25, 0.3) is 5.91 Å². The molecule has 0 aliphatic heterocycles. The number of nitrogens with zero attached hydrogens (tertiary/aromatic N) is 2. The number of rotatable bonds is 7. The lowest BCUT2D eigenvalue weighted by molar-refractivity contribution is -0.143. The van der Waals surface area contributed by atoms with Crippen molar-refractivity contribution < 1.29 is 19.1 Å². The van der Waals surface area contributed by atoms with Crippen molar-refractivity contribution in [1.82, 2.24) is 4.57 Å². The molecule has 0 fully saturated rings. The fourth-order valence-electron chi connectivity index (χ4n) is 2.84. The lowest BCUT2D eigenvalue weighted by atomic mass is 10.2. The standard InChI is InChI=1S/C22H21ClN2O4S/c1-3-28-17-10-7-11-18-21(17)25(14-20(27)29-4-2)22(30-18)24-19(26)13-12-15-8-5-6-9-16(15)23/h5-13H,3-4,14H2,1-2H3/b13-12+,24-22?. The number of aromatic nitrogens is 1. The van der Waals surface area contributed by atoms with E-state index in [1.165, 1.54) is 17.4 Å². The van der Waals surface area contributed by atoms with Crippen LogP contribution in [0.4, 0.5) is 0 Å². The Labute approximate surface area is 183 Å². The molecule has 0 unspecified atom stereocenters. The Hall–Kier alpha value is -2.90. The second kappa shape index (κ2) is 10.2. The topological polar surface area (TPSA) is 69.9 Å². The molecule has 3 rings (SSSR count). The molecule has 0 saturated heterocycles. The molecule has 0 aliphatic carbocycles. The van der Waals surface area contributed by atoms with Gasteiger partial charge in [0.15, 0.2) is 4.80 Å². The molecule has 0 N–H and O–H groups in total. The number of hydrogen-bond donors (Lipinski definition) is 0. The van der Waals surface area contributed by atoms with Crippen LogP contribution in [0.5, 0.6) is 5.75 Å². The molecule has 0 aliphatic rings. The van der Waals surface area contributed by atoms with Gasteiger partial charge in [0.1, 0.15) is 17.8 Å². The van der Waals surface area contributed by atoms with Crippen LogP contribution in [-0.2, 0) is 20.9 Å². The van der Waals surface area contributed by atoms with E-state index in [9.17, 15) is 9.59 Å². The molecule has 2 aromatic carbocycles. The first-order chi connectivity index (χ1) is 14.5. The first kappa shape index (κ1) is 21.8. The second-order valence-electron chi connectivity index (χ2n) is 6.12. The van der Waals surface area contributed by atoms with E-state index in [-0.39, 0.29) is 13.2 Å². The van der Waals surface area contributed by atoms with Crippen molar-refractivity contribution in [2.75, 3.05) is 13.2 Å². The van der Waals surface area contributed by atoms with Gasteiger partial charge in [-0.05, 0) is 43.7 Å². The molecule has 8 heteroatoms. The maximum atomic E-state index is 12.5. The highest BCUT2D eigenvalue weighted by Crippen LogP contribution is 2.27. The smallest absolute Gasteiger partial charge is 0.326 e. The van der Waals surface area contributed by atoms with Gasteiger partial charge in [-0.25, -0.2) is 0 Å². The summed E-state index contributed by atoms with van der Waals surface area (Å²) in [5.74, 6) is -0.253.